The molecule has 0 aromatic carbocycles. The number of thiazole rings is 1. The van der Waals surface area contributed by atoms with Crippen molar-refractivity contribution in [1.29, 1.82) is 0 Å². The van der Waals surface area contributed by atoms with E-state index in [4.69, 9.17) is 4.74 Å². The smallest absolute Gasteiger partial charge is 0.0926 e. The number of ether oxygens (including phenoxy) is 1. The lowest BCUT2D eigenvalue weighted by Gasteiger charge is -2.33. The normalized spacial score (nSPS) is 24.8. The maximum atomic E-state index is 5.83. The van der Waals surface area contributed by atoms with Crippen molar-refractivity contribution in [2.45, 2.75) is 44.9 Å². The molecule has 2 aliphatic rings. The second kappa shape index (κ2) is 6.31. The number of aryl methyl sites for hydroxylation is 1. The molecule has 106 valence electrons. The van der Waals surface area contributed by atoms with Gasteiger partial charge >= 0.3 is 0 Å². The van der Waals surface area contributed by atoms with Gasteiger partial charge < -0.3 is 10.1 Å². The molecule has 3 rings (SSSR count). The molecule has 2 heterocycles. The lowest BCUT2D eigenvalue weighted by molar-refractivity contribution is -0.0301. The molecule has 0 bridgehead atoms. The minimum atomic E-state index is 0.346. The van der Waals surface area contributed by atoms with Crippen LogP contribution < -0.4 is 5.32 Å². The summed E-state index contributed by atoms with van der Waals surface area (Å²) in [6, 6.07) is 0.858. The number of nitrogens with zero attached hydrogens (tertiary/aromatic N) is 2. The van der Waals surface area contributed by atoms with Crippen LogP contribution in [-0.4, -0.2) is 48.3 Å². The first-order valence-electron chi connectivity index (χ1n) is 7.35. The van der Waals surface area contributed by atoms with Crippen molar-refractivity contribution in [2.24, 2.45) is 0 Å². The van der Waals surface area contributed by atoms with Crippen LogP contribution in [0.15, 0.2) is 5.38 Å². The van der Waals surface area contributed by atoms with Gasteiger partial charge in [0.25, 0.3) is 0 Å². The number of morpholine rings is 1. The van der Waals surface area contributed by atoms with Crippen molar-refractivity contribution in [3.05, 3.63) is 16.1 Å². The van der Waals surface area contributed by atoms with Gasteiger partial charge in [0.2, 0.25) is 0 Å². The molecule has 1 N–H and O–H groups in total. The van der Waals surface area contributed by atoms with Crippen molar-refractivity contribution in [1.82, 2.24) is 15.2 Å². The highest BCUT2D eigenvalue weighted by Crippen LogP contribution is 2.28. The Morgan fingerprint density at radius 2 is 2.42 bits per heavy atom. The number of hydrogen-bond acceptors (Lipinski definition) is 5. The van der Waals surface area contributed by atoms with Crippen LogP contribution in [0, 0.1) is 0 Å². The number of hydrogen-bond donors (Lipinski definition) is 1. The maximum absolute atomic E-state index is 5.83. The fraction of sp³-hybridized carbons (Fsp3) is 0.786. The van der Waals surface area contributed by atoms with Gasteiger partial charge in [-0.2, -0.15) is 0 Å². The molecule has 0 amide bonds. The van der Waals surface area contributed by atoms with Crippen LogP contribution in [0.1, 0.15) is 30.5 Å². The number of rotatable bonds is 6. The summed E-state index contributed by atoms with van der Waals surface area (Å²) in [7, 11) is 0. The van der Waals surface area contributed by atoms with Crippen LogP contribution >= 0.6 is 11.3 Å². The quantitative estimate of drug-likeness (QED) is 0.860. The Bertz CT molecular complexity index is 405. The van der Waals surface area contributed by atoms with E-state index in [2.05, 4.69) is 27.5 Å². The van der Waals surface area contributed by atoms with Gasteiger partial charge in [0.05, 0.1) is 23.4 Å². The van der Waals surface area contributed by atoms with Gasteiger partial charge in [-0.3, -0.25) is 4.90 Å². The van der Waals surface area contributed by atoms with Crippen LogP contribution in [0.3, 0.4) is 0 Å². The van der Waals surface area contributed by atoms with Gasteiger partial charge in [-0.1, -0.05) is 6.92 Å². The molecular weight excluding hydrogens is 258 g/mol. The minimum absolute atomic E-state index is 0.346. The zero-order valence-electron chi connectivity index (χ0n) is 11.6. The Balaban J connectivity index is 1.39. The van der Waals surface area contributed by atoms with Crippen molar-refractivity contribution in [3.63, 3.8) is 0 Å². The average Bonchev–Trinajstić information content (AvgIpc) is 3.19. The molecule has 5 heteroatoms. The molecule has 4 nitrogen and oxygen atoms in total. The molecule has 0 radical (unpaired) electrons. The molecule has 1 aromatic heterocycles. The highest BCUT2D eigenvalue weighted by molar-refractivity contribution is 7.09. The van der Waals surface area contributed by atoms with Gasteiger partial charge in [-0.25, -0.2) is 4.98 Å². The minimum Gasteiger partial charge on any atom is -0.374 e. The van der Waals surface area contributed by atoms with E-state index < -0.39 is 0 Å². The zero-order chi connectivity index (χ0) is 13.1. The molecule has 1 aliphatic heterocycles. The van der Waals surface area contributed by atoms with Crippen LogP contribution in [0.5, 0.6) is 0 Å². The van der Waals surface area contributed by atoms with Crippen LogP contribution in [0.25, 0.3) is 0 Å². The van der Waals surface area contributed by atoms with Gasteiger partial charge in [0.15, 0.2) is 0 Å². The summed E-state index contributed by atoms with van der Waals surface area (Å²) in [5, 5.41) is 6.87. The third kappa shape index (κ3) is 3.75. The van der Waals surface area contributed by atoms with Gasteiger partial charge in [-0.15, -0.1) is 11.3 Å². The molecule has 0 spiro atoms. The molecule has 1 aromatic rings. The van der Waals surface area contributed by atoms with Crippen molar-refractivity contribution in [3.8, 4) is 0 Å². The van der Waals surface area contributed by atoms with E-state index in [1.54, 1.807) is 11.3 Å². The maximum Gasteiger partial charge on any atom is 0.0926 e. The monoisotopic (exact) mass is 281 g/mol. The third-order valence-corrected chi connectivity index (χ3v) is 4.86. The Morgan fingerprint density at radius 3 is 3.16 bits per heavy atom. The lowest BCUT2D eigenvalue weighted by Crippen LogP contribution is -2.47. The molecular formula is C14H23N3OS. The summed E-state index contributed by atoms with van der Waals surface area (Å²) in [5.41, 5.74) is 1.16. The van der Waals surface area contributed by atoms with E-state index >= 15 is 0 Å². The van der Waals surface area contributed by atoms with E-state index in [0.717, 1.165) is 50.9 Å². The Kier molecular flexibility index (Phi) is 4.48. The van der Waals surface area contributed by atoms with E-state index in [-0.39, 0.29) is 0 Å². The van der Waals surface area contributed by atoms with Crippen LogP contribution in [0.4, 0.5) is 0 Å². The SMILES string of the molecule is CCc1nc(CNCC2CN(C3CC3)CCO2)cs1. The average molecular weight is 281 g/mol. The number of nitrogens with one attached hydrogen (secondary N) is 1. The summed E-state index contributed by atoms with van der Waals surface area (Å²) >= 11 is 1.76. The summed E-state index contributed by atoms with van der Waals surface area (Å²) in [6.07, 6.45) is 4.16. The molecule has 2 fully saturated rings. The first-order chi connectivity index (χ1) is 9.35. The van der Waals surface area contributed by atoms with Gasteiger partial charge in [-0.05, 0) is 19.3 Å². The predicted molar refractivity (Wildman–Crippen MR) is 77.5 cm³/mol. The van der Waals surface area contributed by atoms with Gasteiger partial charge in [0.1, 0.15) is 0 Å². The topological polar surface area (TPSA) is 37.4 Å². The summed E-state index contributed by atoms with van der Waals surface area (Å²) in [5.74, 6) is 0. The highest BCUT2D eigenvalue weighted by Gasteiger charge is 2.32. The van der Waals surface area contributed by atoms with Crippen LogP contribution in [-0.2, 0) is 17.7 Å². The third-order valence-electron chi connectivity index (χ3n) is 3.81. The predicted octanol–water partition coefficient (Wildman–Crippen LogP) is 1.66. The van der Waals surface area contributed by atoms with Crippen molar-refractivity contribution in [2.75, 3.05) is 26.2 Å². The summed E-state index contributed by atoms with van der Waals surface area (Å²) in [4.78, 5) is 7.16. The zero-order valence-corrected chi connectivity index (χ0v) is 12.4. The fourth-order valence-corrected chi connectivity index (χ4v) is 3.34. The van der Waals surface area contributed by atoms with E-state index in [1.807, 2.05) is 0 Å². The largest absolute Gasteiger partial charge is 0.374 e. The van der Waals surface area contributed by atoms with Crippen molar-refractivity contribution >= 4 is 11.3 Å². The van der Waals surface area contributed by atoms with Crippen molar-refractivity contribution < 1.29 is 4.74 Å². The Morgan fingerprint density at radius 1 is 1.53 bits per heavy atom. The fourth-order valence-electron chi connectivity index (χ4n) is 2.59. The second-order valence-corrected chi connectivity index (χ2v) is 6.38. The molecule has 1 atom stereocenters. The van der Waals surface area contributed by atoms with E-state index in [9.17, 15) is 0 Å². The van der Waals surface area contributed by atoms with Crippen LogP contribution in [0.2, 0.25) is 0 Å². The molecule has 19 heavy (non-hydrogen) atoms. The first kappa shape index (κ1) is 13.5. The summed E-state index contributed by atoms with van der Waals surface area (Å²) in [6.45, 7) is 7.04. The van der Waals surface area contributed by atoms with Gasteiger partial charge in [0, 0.05) is 37.6 Å². The Labute approximate surface area is 119 Å². The molecule has 1 aliphatic carbocycles. The molecule has 1 saturated heterocycles. The Hall–Kier alpha value is -0.490. The summed E-state index contributed by atoms with van der Waals surface area (Å²) < 4.78 is 5.83. The van der Waals surface area contributed by atoms with E-state index in [0.29, 0.717) is 6.10 Å². The second-order valence-electron chi connectivity index (χ2n) is 5.44. The highest BCUT2D eigenvalue weighted by atomic mass is 32.1. The first-order valence-corrected chi connectivity index (χ1v) is 8.22. The standard InChI is InChI=1S/C14H23N3OS/c1-2-14-16-11(10-19-14)7-15-8-13-9-17(5-6-18-13)12-3-4-12/h10,12-13,15H,2-9H2,1H3. The van der Waals surface area contributed by atoms with E-state index in [1.165, 1.54) is 17.8 Å². The number of aromatic nitrogens is 1. The lowest BCUT2D eigenvalue weighted by atomic mass is 10.2. The molecule has 1 unspecified atom stereocenters. The molecule has 1 saturated carbocycles.